The first-order valence-electron chi connectivity index (χ1n) is 2.18. The van der Waals surface area contributed by atoms with Gasteiger partial charge in [0, 0.05) is 53.8 Å². The van der Waals surface area contributed by atoms with Gasteiger partial charge in [0.25, 0.3) is 0 Å². The first-order valence-corrected chi connectivity index (χ1v) is 2.18. The number of rotatable bonds is 0. The van der Waals surface area contributed by atoms with E-state index in [1.54, 1.807) is 0 Å². The molecular weight excluding hydrogens is 357 g/mol. The molecule has 0 aliphatic carbocycles. The second-order valence-electron chi connectivity index (χ2n) is 1.39. The van der Waals surface area contributed by atoms with Crippen molar-refractivity contribution < 1.29 is 53.8 Å². The van der Waals surface area contributed by atoms with Crippen LogP contribution in [0.5, 0.6) is 0 Å². The van der Waals surface area contributed by atoms with E-state index >= 15 is 0 Å². The minimum Gasteiger partial charge on any atom is -0.374 e. The van der Waals surface area contributed by atoms with Gasteiger partial charge in [-0.2, -0.15) is 12.1 Å². The zero-order valence-corrected chi connectivity index (χ0v) is 10.8. The van der Waals surface area contributed by atoms with Crippen LogP contribution in [0.25, 0.3) is 0 Å². The molecule has 0 saturated heterocycles. The Bertz CT molecular complexity index is 139. The fourth-order valence-electron chi connectivity index (χ4n) is 0.431. The van der Waals surface area contributed by atoms with Crippen LogP contribution in [0.4, 0.5) is 0 Å². The number of benzene rings is 1. The third-order valence-corrected chi connectivity index (χ3v) is 0.773. The third kappa shape index (κ3) is 5.33. The van der Waals surface area contributed by atoms with Crippen molar-refractivity contribution in [1.29, 1.82) is 0 Å². The van der Waals surface area contributed by atoms with Crippen LogP contribution in [-0.4, -0.2) is 0 Å². The molecule has 0 bridgehead atoms. The minimum atomic E-state index is 0. The van der Waals surface area contributed by atoms with Crippen molar-refractivity contribution in [1.82, 2.24) is 0 Å². The molecule has 0 amide bonds. The Hall–Kier alpha value is 0.882. The number of hydrogen-bond acceptors (Lipinski definition) is 0. The van der Waals surface area contributed by atoms with Crippen molar-refractivity contribution in [3.05, 3.63) is 42.8 Å². The van der Waals surface area contributed by atoms with Gasteiger partial charge in [-0.3, -0.25) is 6.07 Å². The maximum atomic E-state index is 3.66. The van der Waals surface area contributed by atoms with E-state index in [-0.39, 0.29) is 53.8 Å². The van der Waals surface area contributed by atoms with E-state index in [0.717, 1.165) is 5.56 Å². The SMILES string of the molecule is [CH2-]c1[c-]cccc1.[W].[Y]. The van der Waals surface area contributed by atoms with E-state index in [2.05, 4.69) is 13.0 Å². The molecule has 9 heavy (non-hydrogen) atoms. The van der Waals surface area contributed by atoms with Gasteiger partial charge in [0.2, 0.25) is 0 Å². The van der Waals surface area contributed by atoms with Crippen molar-refractivity contribution in [2.45, 2.75) is 0 Å². The van der Waals surface area contributed by atoms with E-state index in [1.165, 1.54) is 0 Å². The Morgan fingerprint density at radius 1 is 1.33 bits per heavy atom. The summed E-state index contributed by atoms with van der Waals surface area (Å²) in [6, 6.07) is 10.6. The van der Waals surface area contributed by atoms with Gasteiger partial charge in [-0.05, 0) is 0 Å². The fraction of sp³-hybridized carbons (Fsp3) is 0. The minimum absolute atomic E-state index is 0. The summed E-state index contributed by atoms with van der Waals surface area (Å²) in [6.07, 6.45) is 0. The molecule has 0 nitrogen and oxygen atoms in total. The zero-order chi connectivity index (χ0) is 5.11. The first kappa shape index (κ1) is 12.5. The monoisotopic (exact) mass is 363 g/mol. The Morgan fingerprint density at radius 2 is 2.00 bits per heavy atom. The summed E-state index contributed by atoms with van der Waals surface area (Å²) < 4.78 is 0. The fourth-order valence-corrected chi connectivity index (χ4v) is 0.431. The molecule has 0 aliphatic rings. The molecule has 1 aromatic rings. The van der Waals surface area contributed by atoms with E-state index in [4.69, 9.17) is 0 Å². The molecule has 0 fully saturated rings. The molecule has 0 unspecified atom stereocenters. The predicted molar refractivity (Wildman–Crippen MR) is 29.7 cm³/mol. The van der Waals surface area contributed by atoms with Crippen molar-refractivity contribution >= 4 is 0 Å². The van der Waals surface area contributed by atoms with Crippen LogP contribution in [0.15, 0.2) is 24.3 Å². The molecule has 1 radical (unpaired) electrons. The molecule has 45 valence electrons. The van der Waals surface area contributed by atoms with Gasteiger partial charge in [0.1, 0.15) is 0 Å². The molecular formula is C7H6WY-2. The van der Waals surface area contributed by atoms with Gasteiger partial charge in [-0.25, -0.2) is 0 Å². The van der Waals surface area contributed by atoms with E-state index in [0.29, 0.717) is 0 Å². The average Bonchev–Trinajstić information content (AvgIpc) is 1.69. The van der Waals surface area contributed by atoms with E-state index in [1.807, 2.05) is 24.3 Å². The van der Waals surface area contributed by atoms with Crippen molar-refractivity contribution in [2.24, 2.45) is 0 Å². The van der Waals surface area contributed by atoms with E-state index < -0.39 is 0 Å². The normalized spacial score (nSPS) is 6.67. The molecule has 0 aliphatic heterocycles. The molecule has 1 rings (SSSR count). The van der Waals surface area contributed by atoms with Gasteiger partial charge < -0.3 is 18.6 Å². The third-order valence-electron chi connectivity index (χ3n) is 0.773. The van der Waals surface area contributed by atoms with Gasteiger partial charge >= 0.3 is 0 Å². The van der Waals surface area contributed by atoms with Gasteiger partial charge in [-0.1, -0.05) is 0 Å². The Balaban J connectivity index is 0. The van der Waals surface area contributed by atoms with E-state index in [9.17, 15) is 0 Å². The Labute approximate surface area is 95.6 Å². The van der Waals surface area contributed by atoms with Gasteiger partial charge in [0.05, 0.1) is 0 Å². The van der Waals surface area contributed by atoms with Crippen LogP contribution in [0.2, 0.25) is 0 Å². The molecule has 2 heteroatoms. The average molecular weight is 363 g/mol. The van der Waals surface area contributed by atoms with Gasteiger partial charge in [0.15, 0.2) is 0 Å². The maximum Gasteiger partial charge on any atom is 0 e. The van der Waals surface area contributed by atoms with Crippen LogP contribution in [0, 0.1) is 13.0 Å². The summed E-state index contributed by atoms with van der Waals surface area (Å²) in [7, 11) is 0. The van der Waals surface area contributed by atoms with Crippen LogP contribution in [0.1, 0.15) is 5.56 Å². The van der Waals surface area contributed by atoms with Gasteiger partial charge in [-0.15, -0.1) is 6.07 Å². The van der Waals surface area contributed by atoms with Crippen LogP contribution < -0.4 is 0 Å². The number of hydrogen-bond donors (Lipinski definition) is 0. The summed E-state index contributed by atoms with van der Waals surface area (Å²) in [5.74, 6) is 0. The summed E-state index contributed by atoms with van der Waals surface area (Å²) in [6.45, 7) is 3.66. The predicted octanol–water partition coefficient (Wildman–Crippen LogP) is 1.66. The summed E-state index contributed by atoms with van der Waals surface area (Å²) in [4.78, 5) is 0. The van der Waals surface area contributed by atoms with Crippen LogP contribution in [0.3, 0.4) is 0 Å². The van der Waals surface area contributed by atoms with Crippen LogP contribution in [-0.2, 0) is 53.8 Å². The largest absolute Gasteiger partial charge is 0.374 e. The standard InChI is InChI=1S/C7H6.W.Y/c1-7-5-3-2-4-6-7;;/h2-5H,1H2;;/q-2;;. The maximum absolute atomic E-state index is 3.66. The van der Waals surface area contributed by atoms with Crippen molar-refractivity contribution in [2.75, 3.05) is 0 Å². The van der Waals surface area contributed by atoms with Crippen LogP contribution >= 0.6 is 0 Å². The Morgan fingerprint density at radius 3 is 2.22 bits per heavy atom. The topological polar surface area (TPSA) is 0 Å². The molecule has 0 spiro atoms. The summed E-state index contributed by atoms with van der Waals surface area (Å²) in [5, 5.41) is 0. The molecule has 0 heterocycles. The summed E-state index contributed by atoms with van der Waals surface area (Å²) in [5.41, 5.74) is 0.947. The second-order valence-corrected chi connectivity index (χ2v) is 1.39. The Kier molecular flexibility index (Phi) is 9.75. The summed E-state index contributed by atoms with van der Waals surface area (Å²) >= 11 is 0. The molecule has 0 N–H and O–H groups in total. The quantitative estimate of drug-likeness (QED) is 0.616. The van der Waals surface area contributed by atoms with Crippen molar-refractivity contribution in [3.8, 4) is 0 Å². The second kappa shape index (κ2) is 6.99. The smallest absolute Gasteiger partial charge is 0 e. The zero-order valence-electron chi connectivity index (χ0n) is 5.00. The molecule has 0 saturated carbocycles. The molecule has 0 aromatic heterocycles. The molecule has 1 aromatic carbocycles. The first-order chi connectivity index (χ1) is 3.39. The van der Waals surface area contributed by atoms with Crippen molar-refractivity contribution in [3.63, 3.8) is 0 Å². The molecule has 0 atom stereocenters.